The van der Waals surface area contributed by atoms with Gasteiger partial charge in [0, 0.05) is 6.42 Å². The van der Waals surface area contributed by atoms with Crippen LogP contribution in [0, 0.1) is 0 Å². The summed E-state index contributed by atoms with van der Waals surface area (Å²) in [5.41, 5.74) is 0. The highest BCUT2D eigenvalue weighted by molar-refractivity contribution is 5.83. The van der Waals surface area contributed by atoms with E-state index in [9.17, 15) is 0 Å². The number of H-pyrrole nitrogens is 1. The van der Waals surface area contributed by atoms with Crippen molar-refractivity contribution in [3.05, 3.63) is 54.1 Å². The molecule has 0 fully saturated rings. The Morgan fingerprint density at radius 3 is 2.80 bits per heavy atom. The van der Waals surface area contributed by atoms with Crippen molar-refractivity contribution < 1.29 is 4.74 Å². The molecule has 3 rings (SSSR count). The van der Waals surface area contributed by atoms with Crippen molar-refractivity contribution in [1.29, 1.82) is 0 Å². The fraction of sp³-hybridized carbons (Fsp3) is 0.250. The number of fused-ring (bicyclic) bond motifs is 1. The number of aromatic nitrogens is 3. The van der Waals surface area contributed by atoms with Crippen molar-refractivity contribution in [2.24, 2.45) is 0 Å². The van der Waals surface area contributed by atoms with Gasteiger partial charge in [0.25, 0.3) is 0 Å². The van der Waals surface area contributed by atoms with E-state index < -0.39 is 0 Å². The average Bonchev–Trinajstić information content (AvgIpc) is 2.93. The van der Waals surface area contributed by atoms with Gasteiger partial charge in [-0.25, -0.2) is 4.98 Å². The van der Waals surface area contributed by atoms with Gasteiger partial charge in [0.2, 0.25) is 0 Å². The van der Waals surface area contributed by atoms with Crippen LogP contribution in [0.3, 0.4) is 0 Å². The quantitative estimate of drug-likeness (QED) is 0.769. The summed E-state index contributed by atoms with van der Waals surface area (Å²) in [5, 5.41) is 9.45. The van der Waals surface area contributed by atoms with Crippen LogP contribution in [0.1, 0.15) is 25.0 Å². The molecule has 1 aromatic heterocycles. The van der Waals surface area contributed by atoms with Crippen molar-refractivity contribution in [2.75, 3.05) is 0 Å². The molecule has 2 aromatic carbocycles. The van der Waals surface area contributed by atoms with Crippen LogP contribution in [0.2, 0.25) is 0 Å². The molecule has 0 saturated heterocycles. The minimum absolute atomic E-state index is 0.412. The lowest BCUT2D eigenvalue weighted by Crippen LogP contribution is -1.97. The van der Waals surface area contributed by atoms with E-state index in [1.54, 1.807) is 0 Å². The second-order valence-corrected chi connectivity index (χ2v) is 4.75. The van der Waals surface area contributed by atoms with Gasteiger partial charge in [0.1, 0.15) is 12.4 Å². The molecule has 102 valence electrons. The summed E-state index contributed by atoms with van der Waals surface area (Å²) < 4.78 is 5.76. The van der Waals surface area contributed by atoms with Crippen LogP contribution in [0.25, 0.3) is 10.8 Å². The molecule has 4 heteroatoms. The predicted octanol–water partition coefficient (Wildman–Crippen LogP) is 3.49. The van der Waals surface area contributed by atoms with Crippen molar-refractivity contribution in [3.8, 4) is 5.75 Å². The molecule has 0 aliphatic rings. The normalized spacial score (nSPS) is 10.8. The summed E-state index contributed by atoms with van der Waals surface area (Å²) in [7, 11) is 0. The summed E-state index contributed by atoms with van der Waals surface area (Å²) in [6.07, 6.45) is 1.94. The predicted molar refractivity (Wildman–Crippen MR) is 78.7 cm³/mol. The lowest BCUT2D eigenvalue weighted by atomic mass is 10.1. The molecular weight excluding hydrogens is 250 g/mol. The molecule has 0 amide bonds. The minimum atomic E-state index is 0.412. The number of aryl methyl sites for hydroxylation is 1. The second-order valence-electron chi connectivity index (χ2n) is 4.75. The van der Waals surface area contributed by atoms with E-state index in [-0.39, 0.29) is 0 Å². The number of hydrogen-bond donors (Lipinski definition) is 1. The molecule has 3 aromatic rings. The number of aromatic amines is 1. The van der Waals surface area contributed by atoms with Gasteiger partial charge in [-0.05, 0) is 29.3 Å². The summed E-state index contributed by atoms with van der Waals surface area (Å²) in [6.45, 7) is 2.52. The van der Waals surface area contributed by atoms with Gasteiger partial charge in [-0.1, -0.05) is 37.3 Å². The zero-order valence-electron chi connectivity index (χ0n) is 11.5. The first-order valence-electron chi connectivity index (χ1n) is 6.87. The Morgan fingerprint density at radius 2 is 1.95 bits per heavy atom. The van der Waals surface area contributed by atoms with Gasteiger partial charge in [-0.3, -0.25) is 5.10 Å². The fourth-order valence-corrected chi connectivity index (χ4v) is 2.14. The van der Waals surface area contributed by atoms with Crippen molar-refractivity contribution >= 4 is 10.8 Å². The van der Waals surface area contributed by atoms with Crippen molar-refractivity contribution in [2.45, 2.75) is 26.4 Å². The number of ether oxygens (including phenoxy) is 1. The molecule has 0 bridgehead atoms. The van der Waals surface area contributed by atoms with Crippen LogP contribution in [0.4, 0.5) is 0 Å². The molecule has 0 aliphatic carbocycles. The van der Waals surface area contributed by atoms with Crippen LogP contribution >= 0.6 is 0 Å². The molecule has 20 heavy (non-hydrogen) atoms. The topological polar surface area (TPSA) is 50.8 Å². The molecule has 0 atom stereocenters. The second kappa shape index (κ2) is 5.74. The Bertz CT molecular complexity index is 706. The van der Waals surface area contributed by atoms with Gasteiger partial charge in [-0.15, -0.1) is 0 Å². The lowest BCUT2D eigenvalue weighted by Gasteiger charge is -2.05. The van der Waals surface area contributed by atoms with E-state index in [0.717, 1.165) is 30.2 Å². The highest BCUT2D eigenvalue weighted by Crippen LogP contribution is 2.21. The van der Waals surface area contributed by atoms with Crippen LogP contribution in [-0.2, 0) is 13.0 Å². The van der Waals surface area contributed by atoms with Gasteiger partial charge < -0.3 is 4.74 Å². The maximum Gasteiger partial charge on any atom is 0.162 e. The smallest absolute Gasteiger partial charge is 0.162 e. The van der Waals surface area contributed by atoms with E-state index in [4.69, 9.17) is 4.74 Å². The summed E-state index contributed by atoms with van der Waals surface area (Å²) in [6, 6.07) is 14.3. The molecular formula is C16H17N3O. The molecule has 4 nitrogen and oxygen atoms in total. The summed E-state index contributed by atoms with van der Waals surface area (Å²) in [4.78, 5) is 4.39. The first kappa shape index (κ1) is 12.7. The Kier molecular flexibility index (Phi) is 3.63. The van der Waals surface area contributed by atoms with Gasteiger partial charge in [0.05, 0.1) is 0 Å². The van der Waals surface area contributed by atoms with Crippen LogP contribution < -0.4 is 4.74 Å². The molecule has 1 heterocycles. The van der Waals surface area contributed by atoms with Gasteiger partial charge >= 0.3 is 0 Å². The van der Waals surface area contributed by atoms with E-state index in [2.05, 4.69) is 40.3 Å². The summed E-state index contributed by atoms with van der Waals surface area (Å²) >= 11 is 0. The standard InChI is InChI=1S/C16H17N3O/c1-2-5-15-17-16(19-18-15)11-20-14-9-8-12-6-3-4-7-13(12)10-14/h3-4,6-10H,2,5,11H2,1H3,(H,17,18,19). The molecule has 1 N–H and O–H groups in total. The highest BCUT2D eigenvalue weighted by atomic mass is 16.5. The number of rotatable bonds is 5. The Hall–Kier alpha value is -2.36. The zero-order valence-corrected chi connectivity index (χ0v) is 11.5. The molecule has 0 spiro atoms. The van der Waals surface area contributed by atoms with E-state index in [1.165, 1.54) is 10.8 Å². The molecule has 0 radical (unpaired) electrons. The largest absolute Gasteiger partial charge is 0.486 e. The number of hydrogen-bond acceptors (Lipinski definition) is 3. The van der Waals surface area contributed by atoms with Crippen LogP contribution in [0.15, 0.2) is 42.5 Å². The van der Waals surface area contributed by atoms with Gasteiger partial charge in [-0.2, -0.15) is 5.10 Å². The SMILES string of the molecule is CCCc1n[nH]c(COc2ccc3ccccc3c2)n1. The minimum Gasteiger partial charge on any atom is -0.486 e. The molecule has 0 unspecified atom stereocenters. The van der Waals surface area contributed by atoms with Crippen LogP contribution in [-0.4, -0.2) is 15.2 Å². The lowest BCUT2D eigenvalue weighted by molar-refractivity contribution is 0.296. The van der Waals surface area contributed by atoms with Crippen molar-refractivity contribution in [3.63, 3.8) is 0 Å². The average molecular weight is 267 g/mol. The first-order chi connectivity index (χ1) is 9.85. The number of nitrogens with one attached hydrogen (secondary N) is 1. The van der Waals surface area contributed by atoms with Gasteiger partial charge in [0.15, 0.2) is 11.6 Å². The van der Waals surface area contributed by atoms with Crippen molar-refractivity contribution in [1.82, 2.24) is 15.2 Å². The maximum absolute atomic E-state index is 5.76. The third kappa shape index (κ3) is 2.79. The summed E-state index contributed by atoms with van der Waals surface area (Å²) in [5.74, 6) is 2.46. The fourth-order valence-electron chi connectivity index (χ4n) is 2.14. The Balaban J connectivity index is 1.69. The Labute approximate surface area is 117 Å². The zero-order chi connectivity index (χ0) is 13.8. The first-order valence-corrected chi connectivity index (χ1v) is 6.87. The number of benzene rings is 2. The maximum atomic E-state index is 5.76. The molecule has 0 saturated carbocycles. The third-order valence-electron chi connectivity index (χ3n) is 3.15. The monoisotopic (exact) mass is 267 g/mol. The third-order valence-corrected chi connectivity index (χ3v) is 3.15. The van der Waals surface area contributed by atoms with E-state index >= 15 is 0 Å². The van der Waals surface area contributed by atoms with E-state index in [1.807, 2.05) is 24.3 Å². The van der Waals surface area contributed by atoms with E-state index in [0.29, 0.717) is 6.61 Å². The highest BCUT2D eigenvalue weighted by Gasteiger charge is 2.03. The Morgan fingerprint density at radius 1 is 1.10 bits per heavy atom. The molecule has 0 aliphatic heterocycles. The van der Waals surface area contributed by atoms with Crippen LogP contribution in [0.5, 0.6) is 5.75 Å². The number of nitrogens with zero attached hydrogens (tertiary/aromatic N) is 2.